The van der Waals surface area contributed by atoms with E-state index in [0.717, 1.165) is 25.5 Å². The number of rotatable bonds is 7. The lowest BCUT2D eigenvalue weighted by atomic mass is 10.2. The van der Waals surface area contributed by atoms with Gasteiger partial charge in [0, 0.05) is 27.2 Å². The minimum atomic E-state index is -0.531. The van der Waals surface area contributed by atoms with Crippen LogP contribution in [0, 0.1) is 5.82 Å². The van der Waals surface area contributed by atoms with Gasteiger partial charge in [0.05, 0.1) is 11.8 Å². The number of carbonyl (C=O) groups is 1. The van der Waals surface area contributed by atoms with E-state index in [4.69, 9.17) is 5.11 Å². The molecule has 1 rings (SSSR count). The predicted molar refractivity (Wildman–Crippen MR) is 71.6 cm³/mol. The Balaban J connectivity index is 2.68. The highest BCUT2D eigenvalue weighted by Gasteiger charge is 2.17. The van der Waals surface area contributed by atoms with E-state index in [1.807, 2.05) is 0 Å². The monoisotopic (exact) mass is 269 g/mol. The number of halogens is 1. The summed E-state index contributed by atoms with van der Waals surface area (Å²) in [5.41, 5.74) is 0.229. The zero-order valence-corrected chi connectivity index (χ0v) is 11.3. The van der Waals surface area contributed by atoms with Crippen molar-refractivity contribution in [2.24, 2.45) is 0 Å². The third-order valence-electron chi connectivity index (χ3n) is 2.82. The molecule has 19 heavy (non-hydrogen) atoms. The Labute approximate surface area is 112 Å². The van der Waals surface area contributed by atoms with Crippen molar-refractivity contribution in [3.63, 3.8) is 0 Å². The lowest BCUT2D eigenvalue weighted by molar-refractivity contribution is 0.0792. The summed E-state index contributed by atoms with van der Waals surface area (Å²) in [6.07, 6.45) is 3.46. The molecule has 0 saturated carbocycles. The SMILES string of the molecule is CNc1ncc(F)cc1C(=O)N(C)CCCCCO. The van der Waals surface area contributed by atoms with Crippen molar-refractivity contribution in [1.82, 2.24) is 9.88 Å². The molecule has 0 aliphatic rings. The van der Waals surface area contributed by atoms with Gasteiger partial charge in [-0.3, -0.25) is 4.79 Å². The number of aliphatic hydroxyl groups is 1. The summed E-state index contributed by atoms with van der Waals surface area (Å²) < 4.78 is 13.2. The first-order valence-electron chi connectivity index (χ1n) is 6.29. The van der Waals surface area contributed by atoms with Gasteiger partial charge in [0.25, 0.3) is 5.91 Å². The largest absolute Gasteiger partial charge is 0.396 e. The molecule has 1 aromatic heterocycles. The van der Waals surface area contributed by atoms with Gasteiger partial charge in [-0.15, -0.1) is 0 Å². The molecule has 0 bridgehead atoms. The van der Waals surface area contributed by atoms with Crippen molar-refractivity contribution in [2.75, 3.05) is 32.6 Å². The molecule has 0 aromatic carbocycles. The molecule has 0 saturated heterocycles. The van der Waals surface area contributed by atoms with Crippen LogP contribution in [0.15, 0.2) is 12.3 Å². The van der Waals surface area contributed by atoms with Crippen LogP contribution in [-0.2, 0) is 0 Å². The number of amides is 1. The summed E-state index contributed by atoms with van der Waals surface area (Å²) in [6, 6.07) is 1.19. The fourth-order valence-electron chi connectivity index (χ4n) is 1.75. The van der Waals surface area contributed by atoms with Gasteiger partial charge in [0.1, 0.15) is 11.6 Å². The number of anilines is 1. The number of hydrogen-bond acceptors (Lipinski definition) is 4. The van der Waals surface area contributed by atoms with Gasteiger partial charge in [-0.1, -0.05) is 0 Å². The van der Waals surface area contributed by atoms with E-state index < -0.39 is 5.82 Å². The Morgan fingerprint density at radius 3 is 2.84 bits per heavy atom. The second kappa shape index (κ2) is 7.68. The number of aromatic nitrogens is 1. The van der Waals surface area contributed by atoms with Crippen LogP contribution in [0.5, 0.6) is 0 Å². The van der Waals surface area contributed by atoms with Gasteiger partial charge in [0.15, 0.2) is 0 Å². The van der Waals surface area contributed by atoms with Crippen molar-refractivity contribution >= 4 is 11.7 Å². The van der Waals surface area contributed by atoms with Crippen molar-refractivity contribution in [2.45, 2.75) is 19.3 Å². The molecule has 0 aliphatic carbocycles. The molecule has 0 aliphatic heterocycles. The predicted octanol–water partition coefficient (Wildman–Crippen LogP) is 1.50. The van der Waals surface area contributed by atoms with Gasteiger partial charge in [-0.25, -0.2) is 9.37 Å². The molecular weight excluding hydrogens is 249 g/mol. The van der Waals surface area contributed by atoms with Crippen LogP contribution >= 0.6 is 0 Å². The van der Waals surface area contributed by atoms with Crippen molar-refractivity contribution in [1.29, 1.82) is 0 Å². The zero-order chi connectivity index (χ0) is 14.3. The maximum absolute atomic E-state index is 13.2. The molecule has 1 amide bonds. The summed E-state index contributed by atoms with van der Waals surface area (Å²) in [7, 11) is 3.31. The van der Waals surface area contributed by atoms with Crippen molar-refractivity contribution in [3.05, 3.63) is 23.6 Å². The van der Waals surface area contributed by atoms with Crippen molar-refractivity contribution < 1.29 is 14.3 Å². The second-order valence-electron chi connectivity index (χ2n) is 4.31. The average molecular weight is 269 g/mol. The molecular formula is C13H20FN3O2. The molecule has 5 nitrogen and oxygen atoms in total. The minimum Gasteiger partial charge on any atom is -0.396 e. The van der Waals surface area contributed by atoms with Crippen LogP contribution in [0.1, 0.15) is 29.6 Å². The highest BCUT2D eigenvalue weighted by atomic mass is 19.1. The standard InChI is InChI=1S/C13H20FN3O2/c1-15-12-11(8-10(14)9-16-12)13(19)17(2)6-4-3-5-7-18/h8-9,18H,3-7H2,1-2H3,(H,15,16). The normalized spacial score (nSPS) is 10.3. The van der Waals surface area contributed by atoms with E-state index in [-0.39, 0.29) is 18.1 Å². The van der Waals surface area contributed by atoms with Crippen LogP contribution in [0.25, 0.3) is 0 Å². The van der Waals surface area contributed by atoms with Gasteiger partial charge < -0.3 is 15.3 Å². The van der Waals surface area contributed by atoms with E-state index in [1.54, 1.807) is 14.1 Å². The molecule has 106 valence electrons. The minimum absolute atomic E-state index is 0.162. The van der Waals surface area contributed by atoms with E-state index in [0.29, 0.717) is 12.4 Å². The number of nitrogens with zero attached hydrogens (tertiary/aromatic N) is 2. The molecule has 1 heterocycles. The summed E-state index contributed by atoms with van der Waals surface area (Å²) in [5, 5.41) is 11.5. The number of aliphatic hydroxyl groups excluding tert-OH is 1. The first-order valence-corrected chi connectivity index (χ1v) is 6.29. The smallest absolute Gasteiger partial charge is 0.257 e. The van der Waals surface area contributed by atoms with Crippen LogP contribution in [0.4, 0.5) is 10.2 Å². The first kappa shape index (κ1) is 15.4. The first-order chi connectivity index (χ1) is 9.10. The molecule has 0 spiro atoms. The van der Waals surface area contributed by atoms with Crippen LogP contribution in [0.3, 0.4) is 0 Å². The number of hydrogen-bond donors (Lipinski definition) is 2. The molecule has 1 aromatic rings. The molecule has 2 N–H and O–H groups in total. The van der Waals surface area contributed by atoms with E-state index in [2.05, 4.69) is 10.3 Å². The molecule has 0 fully saturated rings. The summed E-state index contributed by atoms with van der Waals surface area (Å²) in [4.78, 5) is 17.5. The van der Waals surface area contributed by atoms with Gasteiger partial charge in [-0.05, 0) is 25.3 Å². The van der Waals surface area contributed by atoms with Crippen LogP contribution in [-0.4, -0.2) is 48.1 Å². The third-order valence-corrected chi connectivity index (χ3v) is 2.82. The van der Waals surface area contributed by atoms with Gasteiger partial charge in [-0.2, -0.15) is 0 Å². The maximum Gasteiger partial charge on any atom is 0.257 e. The van der Waals surface area contributed by atoms with E-state index in [1.165, 1.54) is 11.0 Å². The zero-order valence-electron chi connectivity index (χ0n) is 11.3. The van der Waals surface area contributed by atoms with Crippen molar-refractivity contribution in [3.8, 4) is 0 Å². The Bertz CT molecular complexity index is 426. The highest BCUT2D eigenvalue weighted by molar-refractivity contribution is 5.98. The second-order valence-corrected chi connectivity index (χ2v) is 4.31. The molecule has 6 heteroatoms. The quantitative estimate of drug-likeness (QED) is 0.736. The van der Waals surface area contributed by atoms with Gasteiger partial charge in [0.2, 0.25) is 0 Å². The summed E-state index contributed by atoms with van der Waals surface area (Å²) >= 11 is 0. The Morgan fingerprint density at radius 2 is 2.21 bits per heavy atom. The van der Waals surface area contributed by atoms with Crippen LogP contribution < -0.4 is 5.32 Å². The fourth-order valence-corrected chi connectivity index (χ4v) is 1.75. The summed E-state index contributed by atoms with van der Waals surface area (Å²) in [5.74, 6) is -0.426. The Kier molecular flexibility index (Phi) is 6.21. The maximum atomic E-state index is 13.2. The van der Waals surface area contributed by atoms with Crippen LogP contribution in [0.2, 0.25) is 0 Å². The molecule has 0 atom stereocenters. The highest BCUT2D eigenvalue weighted by Crippen LogP contribution is 2.15. The lowest BCUT2D eigenvalue weighted by Gasteiger charge is -2.18. The molecule has 0 radical (unpaired) electrons. The summed E-state index contributed by atoms with van der Waals surface area (Å²) in [6.45, 7) is 0.730. The Morgan fingerprint density at radius 1 is 1.47 bits per heavy atom. The third kappa shape index (κ3) is 4.48. The van der Waals surface area contributed by atoms with Gasteiger partial charge >= 0.3 is 0 Å². The number of unbranched alkanes of at least 4 members (excludes halogenated alkanes) is 2. The van der Waals surface area contributed by atoms with E-state index in [9.17, 15) is 9.18 Å². The Hall–Kier alpha value is -1.69. The number of nitrogens with one attached hydrogen (secondary N) is 1. The number of pyridine rings is 1. The molecule has 0 unspecified atom stereocenters. The topological polar surface area (TPSA) is 65.5 Å². The number of carbonyl (C=O) groups excluding carboxylic acids is 1. The lowest BCUT2D eigenvalue weighted by Crippen LogP contribution is -2.28. The van der Waals surface area contributed by atoms with E-state index >= 15 is 0 Å². The fraction of sp³-hybridized carbons (Fsp3) is 0.538. The average Bonchev–Trinajstić information content (AvgIpc) is 2.42.